The number of amides is 4. The van der Waals surface area contributed by atoms with Gasteiger partial charge in [-0.1, -0.05) is 0 Å². The topological polar surface area (TPSA) is 69.7 Å². The molecule has 0 spiro atoms. The molecular formula is C18H17N3O3S. The molecule has 3 heterocycles. The largest absolute Gasteiger partial charge is 0.322 e. The lowest BCUT2D eigenvalue weighted by Gasteiger charge is -2.24. The summed E-state index contributed by atoms with van der Waals surface area (Å²) < 4.78 is 0. The average Bonchev–Trinajstić information content (AvgIpc) is 3.33. The van der Waals surface area contributed by atoms with Crippen LogP contribution in [0.1, 0.15) is 45.2 Å². The minimum Gasteiger partial charge on any atom is -0.317 e. The van der Waals surface area contributed by atoms with Crippen molar-refractivity contribution in [3.63, 3.8) is 0 Å². The van der Waals surface area contributed by atoms with Crippen LogP contribution in [0.3, 0.4) is 0 Å². The Morgan fingerprint density at radius 2 is 2.00 bits per heavy atom. The van der Waals surface area contributed by atoms with Crippen molar-refractivity contribution in [3.05, 3.63) is 51.7 Å². The standard InChI is InChI=1S/C18H17N3O3S/c1-20-16(22)13-5-4-12(9-14(13)17(20)23)19-18(24)21-7-2-3-15(21)11-6-8-25-10-11/h4-6,8-10,15H,2-3,7H2,1H3,(H,19,24). The van der Waals surface area contributed by atoms with E-state index in [4.69, 9.17) is 0 Å². The van der Waals surface area contributed by atoms with Crippen LogP contribution in [0.5, 0.6) is 0 Å². The molecule has 2 aliphatic heterocycles. The van der Waals surface area contributed by atoms with E-state index >= 15 is 0 Å². The van der Waals surface area contributed by atoms with Crippen molar-refractivity contribution < 1.29 is 14.4 Å². The number of likely N-dealkylation sites (tertiary alicyclic amines) is 1. The van der Waals surface area contributed by atoms with Gasteiger partial charge in [0.15, 0.2) is 0 Å². The molecule has 2 aliphatic rings. The van der Waals surface area contributed by atoms with Gasteiger partial charge in [0.25, 0.3) is 11.8 Å². The van der Waals surface area contributed by atoms with Gasteiger partial charge in [0, 0.05) is 19.3 Å². The van der Waals surface area contributed by atoms with Gasteiger partial charge in [0.2, 0.25) is 0 Å². The predicted octanol–water partition coefficient (Wildman–Crippen LogP) is 3.34. The van der Waals surface area contributed by atoms with Crippen LogP contribution in [0.15, 0.2) is 35.0 Å². The minimum atomic E-state index is -0.339. The van der Waals surface area contributed by atoms with Crippen LogP contribution in [0.4, 0.5) is 10.5 Å². The van der Waals surface area contributed by atoms with Crippen LogP contribution < -0.4 is 5.32 Å². The second-order valence-corrected chi connectivity index (χ2v) is 7.05. The summed E-state index contributed by atoms with van der Waals surface area (Å²) in [6.45, 7) is 0.706. The van der Waals surface area contributed by atoms with Crippen molar-refractivity contribution in [1.29, 1.82) is 0 Å². The molecule has 0 saturated carbocycles. The molecule has 25 heavy (non-hydrogen) atoms. The molecule has 1 N–H and O–H groups in total. The summed E-state index contributed by atoms with van der Waals surface area (Å²) in [6.07, 6.45) is 1.92. The number of rotatable bonds is 2. The number of imide groups is 1. The summed E-state index contributed by atoms with van der Waals surface area (Å²) in [5.41, 5.74) is 2.40. The Morgan fingerprint density at radius 3 is 2.76 bits per heavy atom. The van der Waals surface area contributed by atoms with Crippen LogP contribution in [-0.4, -0.2) is 41.2 Å². The van der Waals surface area contributed by atoms with Crippen LogP contribution in [-0.2, 0) is 0 Å². The molecule has 1 fully saturated rings. The van der Waals surface area contributed by atoms with Gasteiger partial charge >= 0.3 is 6.03 Å². The number of hydrogen-bond acceptors (Lipinski definition) is 4. The molecule has 128 valence electrons. The van der Waals surface area contributed by atoms with Crippen molar-refractivity contribution in [1.82, 2.24) is 9.80 Å². The van der Waals surface area contributed by atoms with Crippen LogP contribution in [0.2, 0.25) is 0 Å². The molecule has 1 aromatic carbocycles. The van der Waals surface area contributed by atoms with Gasteiger partial charge in [-0.25, -0.2) is 4.79 Å². The number of anilines is 1. The summed E-state index contributed by atoms with van der Waals surface area (Å²) in [5.74, 6) is -0.650. The van der Waals surface area contributed by atoms with Gasteiger partial charge in [0.05, 0.1) is 17.2 Å². The highest BCUT2D eigenvalue weighted by Gasteiger charge is 2.34. The van der Waals surface area contributed by atoms with Crippen LogP contribution >= 0.6 is 11.3 Å². The van der Waals surface area contributed by atoms with Crippen molar-refractivity contribution >= 4 is 34.9 Å². The quantitative estimate of drug-likeness (QED) is 0.840. The first-order chi connectivity index (χ1) is 12.1. The molecule has 1 atom stereocenters. The summed E-state index contributed by atoms with van der Waals surface area (Å²) in [4.78, 5) is 39.6. The van der Waals surface area contributed by atoms with E-state index in [0.717, 1.165) is 23.3 Å². The molecule has 0 bridgehead atoms. The number of carbonyl (C=O) groups excluding carboxylic acids is 3. The van der Waals surface area contributed by atoms with E-state index in [-0.39, 0.29) is 23.9 Å². The van der Waals surface area contributed by atoms with Crippen molar-refractivity contribution in [2.24, 2.45) is 0 Å². The third kappa shape index (κ3) is 2.60. The van der Waals surface area contributed by atoms with Crippen molar-refractivity contribution in [2.75, 3.05) is 18.9 Å². The average molecular weight is 355 g/mol. The second-order valence-electron chi connectivity index (χ2n) is 6.27. The number of thiophene rings is 1. The Bertz CT molecular complexity index is 862. The van der Waals surface area contributed by atoms with E-state index in [1.54, 1.807) is 29.5 Å². The van der Waals surface area contributed by atoms with E-state index < -0.39 is 0 Å². The van der Waals surface area contributed by atoms with Crippen molar-refractivity contribution in [3.8, 4) is 0 Å². The predicted molar refractivity (Wildman–Crippen MR) is 94.9 cm³/mol. The van der Waals surface area contributed by atoms with Gasteiger partial charge in [-0.15, -0.1) is 0 Å². The highest BCUT2D eigenvalue weighted by molar-refractivity contribution is 7.08. The maximum Gasteiger partial charge on any atom is 0.322 e. The number of nitrogens with one attached hydrogen (secondary N) is 1. The molecule has 0 aliphatic carbocycles. The summed E-state index contributed by atoms with van der Waals surface area (Å²) in [6, 6.07) is 6.79. The van der Waals surface area contributed by atoms with Crippen LogP contribution in [0.25, 0.3) is 0 Å². The molecule has 4 amide bonds. The number of carbonyl (C=O) groups is 3. The van der Waals surface area contributed by atoms with E-state index in [2.05, 4.69) is 16.8 Å². The smallest absolute Gasteiger partial charge is 0.317 e. The Hall–Kier alpha value is -2.67. The van der Waals surface area contributed by atoms with E-state index in [0.29, 0.717) is 23.4 Å². The highest BCUT2D eigenvalue weighted by atomic mass is 32.1. The third-order valence-electron chi connectivity index (χ3n) is 4.78. The Labute approximate surface area is 149 Å². The summed E-state index contributed by atoms with van der Waals surface area (Å²) in [5, 5.41) is 6.96. The van der Waals surface area contributed by atoms with Gasteiger partial charge in [-0.05, 0) is 53.4 Å². The zero-order chi connectivity index (χ0) is 17.6. The number of fused-ring (bicyclic) bond motifs is 1. The maximum atomic E-state index is 12.7. The SMILES string of the molecule is CN1C(=O)c2ccc(NC(=O)N3CCCC3c3ccsc3)cc2C1=O. The lowest BCUT2D eigenvalue weighted by atomic mass is 10.1. The Morgan fingerprint density at radius 1 is 1.20 bits per heavy atom. The normalized spacial score (nSPS) is 19.5. The molecule has 1 aromatic heterocycles. The number of urea groups is 1. The zero-order valence-electron chi connectivity index (χ0n) is 13.7. The summed E-state index contributed by atoms with van der Waals surface area (Å²) >= 11 is 1.63. The van der Waals surface area contributed by atoms with E-state index in [1.807, 2.05) is 10.3 Å². The third-order valence-corrected chi connectivity index (χ3v) is 5.48. The molecule has 2 aromatic rings. The lowest BCUT2D eigenvalue weighted by Crippen LogP contribution is -2.34. The maximum absolute atomic E-state index is 12.7. The van der Waals surface area contributed by atoms with E-state index in [1.165, 1.54) is 7.05 Å². The monoisotopic (exact) mass is 355 g/mol. The Kier molecular flexibility index (Phi) is 3.80. The first-order valence-electron chi connectivity index (χ1n) is 8.12. The first kappa shape index (κ1) is 15.8. The zero-order valence-corrected chi connectivity index (χ0v) is 14.5. The molecule has 1 unspecified atom stereocenters. The molecule has 4 rings (SSSR count). The fourth-order valence-electron chi connectivity index (χ4n) is 3.46. The van der Waals surface area contributed by atoms with Gasteiger partial charge in [0.1, 0.15) is 0 Å². The number of benzene rings is 1. The molecule has 7 heteroatoms. The van der Waals surface area contributed by atoms with Crippen LogP contribution in [0, 0.1) is 0 Å². The lowest BCUT2D eigenvalue weighted by molar-refractivity contribution is 0.0693. The van der Waals surface area contributed by atoms with E-state index in [9.17, 15) is 14.4 Å². The fourth-order valence-corrected chi connectivity index (χ4v) is 4.16. The number of hydrogen-bond donors (Lipinski definition) is 1. The first-order valence-corrected chi connectivity index (χ1v) is 9.06. The summed E-state index contributed by atoms with van der Waals surface area (Å²) in [7, 11) is 1.46. The molecule has 0 radical (unpaired) electrons. The second kappa shape index (κ2) is 6.00. The minimum absolute atomic E-state index is 0.0926. The molecule has 6 nitrogen and oxygen atoms in total. The Balaban J connectivity index is 1.54. The molecule has 1 saturated heterocycles. The van der Waals surface area contributed by atoms with Crippen molar-refractivity contribution in [2.45, 2.75) is 18.9 Å². The van der Waals surface area contributed by atoms with Gasteiger partial charge in [-0.2, -0.15) is 11.3 Å². The molecular weight excluding hydrogens is 338 g/mol. The van der Waals surface area contributed by atoms with Gasteiger partial charge in [-0.3, -0.25) is 14.5 Å². The van der Waals surface area contributed by atoms with Gasteiger partial charge < -0.3 is 10.2 Å². The fraction of sp³-hybridized carbons (Fsp3) is 0.278. The highest BCUT2D eigenvalue weighted by Crippen LogP contribution is 2.33. The number of nitrogens with zero attached hydrogens (tertiary/aromatic N) is 2.